The van der Waals surface area contributed by atoms with Gasteiger partial charge in [0, 0.05) is 18.0 Å². The van der Waals surface area contributed by atoms with Crippen molar-refractivity contribution in [3.05, 3.63) is 0 Å². The number of aliphatic hydroxyl groups excluding tert-OH is 1. The average molecular weight is 237 g/mol. The standard InChI is InChI=1S/C13H23N3O/c1-10-5-14-11(16-10)15-8-13(9-17)6-12(7-13)3-2-4-12/h10,17H,2-9H2,1H3,(H2,14,15,16). The van der Waals surface area contributed by atoms with Gasteiger partial charge in [0.2, 0.25) is 0 Å². The topological polar surface area (TPSA) is 56.7 Å². The summed E-state index contributed by atoms with van der Waals surface area (Å²) < 4.78 is 0. The normalized spacial score (nSPS) is 32.4. The zero-order valence-corrected chi connectivity index (χ0v) is 10.6. The molecule has 4 nitrogen and oxygen atoms in total. The van der Waals surface area contributed by atoms with Crippen molar-refractivity contribution in [3.63, 3.8) is 0 Å². The SMILES string of the molecule is CC1CN=C(NCC2(CO)CC3(CCC3)C2)N1. The van der Waals surface area contributed by atoms with Crippen molar-refractivity contribution in [3.8, 4) is 0 Å². The van der Waals surface area contributed by atoms with Crippen molar-refractivity contribution in [2.45, 2.75) is 45.1 Å². The van der Waals surface area contributed by atoms with Crippen LogP contribution in [0.2, 0.25) is 0 Å². The molecule has 1 heterocycles. The lowest BCUT2D eigenvalue weighted by atomic mass is 9.45. The fraction of sp³-hybridized carbons (Fsp3) is 0.923. The molecule has 3 rings (SSSR count). The highest BCUT2D eigenvalue weighted by atomic mass is 16.3. The highest BCUT2D eigenvalue weighted by Gasteiger charge is 2.56. The zero-order valence-electron chi connectivity index (χ0n) is 10.6. The molecule has 17 heavy (non-hydrogen) atoms. The largest absolute Gasteiger partial charge is 0.396 e. The summed E-state index contributed by atoms with van der Waals surface area (Å²) in [6, 6.07) is 0.446. The lowest BCUT2D eigenvalue weighted by molar-refractivity contribution is -0.117. The van der Waals surface area contributed by atoms with Crippen molar-refractivity contribution in [1.82, 2.24) is 10.6 Å². The molecule has 2 aliphatic carbocycles. The lowest BCUT2D eigenvalue weighted by Gasteiger charge is -2.60. The monoisotopic (exact) mass is 237 g/mol. The number of nitrogens with zero attached hydrogens (tertiary/aromatic N) is 1. The minimum Gasteiger partial charge on any atom is -0.396 e. The Balaban J connectivity index is 1.50. The van der Waals surface area contributed by atoms with Crippen LogP contribution in [0.25, 0.3) is 0 Å². The van der Waals surface area contributed by atoms with Crippen LogP contribution in [0.3, 0.4) is 0 Å². The predicted molar refractivity (Wildman–Crippen MR) is 67.9 cm³/mol. The van der Waals surface area contributed by atoms with E-state index in [1.807, 2.05) is 0 Å². The first-order valence-electron chi connectivity index (χ1n) is 6.81. The molecule has 2 saturated carbocycles. The Morgan fingerprint density at radius 2 is 2.24 bits per heavy atom. The van der Waals surface area contributed by atoms with Gasteiger partial charge in [-0.25, -0.2) is 0 Å². The molecule has 1 unspecified atom stereocenters. The lowest BCUT2D eigenvalue weighted by Crippen LogP contribution is -2.57. The minimum atomic E-state index is 0.121. The van der Waals surface area contributed by atoms with Gasteiger partial charge >= 0.3 is 0 Å². The zero-order chi connectivity index (χ0) is 11.9. The molecule has 1 aliphatic heterocycles. The molecular formula is C13H23N3O. The molecule has 0 aromatic rings. The molecule has 0 aromatic carbocycles. The third-order valence-electron chi connectivity index (χ3n) is 4.79. The van der Waals surface area contributed by atoms with Crippen LogP contribution >= 0.6 is 0 Å². The van der Waals surface area contributed by atoms with Crippen molar-refractivity contribution >= 4 is 5.96 Å². The fourth-order valence-corrected chi connectivity index (χ4v) is 3.79. The number of aliphatic imine (C=N–C) groups is 1. The van der Waals surface area contributed by atoms with Crippen molar-refractivity contribution < 1.29 is 5.11 Å². The van der Waals surface area contributed by atoms with Crippen LogP contribution in [-0.4, -0.2) is 36.8 Å². The number of aliphatic hydroxyl groups is 1. The summed E-state index contributed by atoms with van der Waals surface area (Å²) in [6.07, 6.45) is 6.55. The van der Waals surface area contributed by atoms with Crippen LogP contribution in [0.15, 0.2) is 4.99 Å². The van der Waals surface area contributed by atoms with Crippen LogP contribution in [0.5, 0.6) is 0 Å². The quantitative estimate of drug-likeness (QED) is 0.682. The van der Waals surface area contributed by atoms with E-state index in [4.69, 9.17) is 0 Å². The van der Waals surface area contributed by atoms with Crippen molar-refractivity contribution in [2.24, 2.45) is 15.8 Å². The van der Waals surface area contributed by atoms with Crippen molar-refractivity contribution in [2.75, 3.05) is 19.7 Å². The Hall–Kier alpha value is -0.770. The molecule has 0 bridgehead atoms. The molecule has 3 aliphatic rings. The van der Waals surface area contributed by atoms with E-state index in [0.29, 0.717) is 18.1 Å². The molecule has 0 aromatic heterocycles. The smallest absolute Gasteiger partial charge is 0.191 e. The summed E-state index contributed by atoms with van der Waals surface area (Å²) in [4.78, 5) is 4.40. The van der Waals surface area contributed by atoms with Crippen LogP contribution in [0.1, 0.15) is 39.0 Å². The first-order chi connectivity index (χ1) is 8.15. The van der Waals surface area contributed by atoms with Crippen LogP contribution < -0.4 is 10.6 Å². The van der Waals surface area contributed by atoms with E-state index in [9.17, 15) is 5.11 Å². The highest BCUT2D eigenvalue weighted by Crippen LogP contribution is 2.63. The van der Waals surface area contributed by atoms with E-state index >= 15 is 0 Å². The molecular weight excluding hydrogens is 214 g/mol. The van der Waals surface area contributed by atoms with Crippen LogP contribution in [0, 0.1) is 10.8 Å². The van der Waals surface area contributed by atoms with Gasteiger partial charge < -0.3 is 15.7 Å². The first kappa shape index (κ1) is 11.3. The summed E-state index contributed by atoms with van der Waals surface area (Å²) in [6.45, 7) is 4.17. The Kier molecular flexibility index (Phi) is 2.58. The number of nitrogens with one attached hydrogen (secondary N) is 2. The van der Waals surface area contributed by atoms with Gasteiger partial charge in [-0.05, 0) is 38.0 Å². The second-order valence-corrected chi connectivity index (χ2v) is 6.45. The minimum absolute atomic E-state index is 0.121. The van der Waals surface area contributed by atoms with E-state index in [1.54, 1.807) is 0 Å². The average Bonchev–Trinajstić information content (AvgIpc) is 2.61. The molecule has 4 heteroatoms. The second-order valence-electron chi connectivity index (χ2n) is 6.45. The van der Waals surface area contributed by atoms with E-state index in [2.05, 4.69) is 22.5 Å². The number of guanidine groups is 1. The number of hydrogen-bond acceptors (Lipinski definition) is 4. The van der Waals surface area contributed by atoms with Gasteiger partial charge in [-0.15, -0.1) is 0 Å². The van der Waals surface area contributed by atoms with Gasteiger partial charge in [-0.2, -0.15) is 0 Å². The predicted octanol–water partition coefficient (Wildman–Crippen LogP) is 0.866. The summed E-state index contributed by atoms with van der Waals surface area (Å²) in [5.74, 6) is 0.917. The third kappa shape index (κ3) is 1.92. The maximum Gasteiger partial charge on any atom is 0.191 e. The molecule has 0 amide bonds. The van der Waals surface area contributed by atoms with Crippen molar-refractivity contribution in [1.29, 1.82) is 0 Å². The van der Waals surface area contributed by atoms with Gasteiger partial charge in [0.05, 0.1) is 13.2 Å². The Morgan fingerprint density at radius 1 is 1.47 bits per heavy atom. The first-order valence-corrected chi connectivity index (χ1v) is 6.81. The molecule has 3 N–H and O–H groups in total. The van der Waals surface area contributed by atoms with Gasteiger partial charge in [-0.1, -0.05) is 6.42 Å². The third-order valence-corrected chi connectivity index (χ3v) is 4.79. The van der Waals surface area contributed by atoms with Gasteiger partial charge in [-0.3, -0.25) is 4.99 Å². The van der Waals surface area contributed by atoms with Gasteiger partial charge in [0.25, 0.3) is 0 Å². The Morgan fingerprint density at radius 3 is 2.71 bits per heavy atom. The Labute approximate surface area is 103 Å². The molecule has 1 spiro atoms. The van der Waals surface area contributed by atoms with Crippen LogP contribution in [-0.2, 0) is 0 Å². The van der Waals surface area contributed by atoms with Gasteiger partial charge in [0.15, 0.2) is 5.96 Å². The van der Waals surface area contributed by atoms with E-state index in [1.165, 1.54) is 32.1 Å². The fourth-order valence-electron chi connectivity index (χ4n) is 3.79. The Bertz CT molecular complexity index is 328. The number of hydrogen-bond donors (Lipinski definition) is 3. The maximum absolute atomic E-state index is 9.61. The molecule has 96 valence electrons. The number of rotatable bonds is 3. The molecule has 0 saturated heterocycles. The second kappa shape index (κ2) is 3.87. The summed E-state index contributed by atoms with van der Waals surface area (Å²) in [5.41, 5.74) is 0.735. The highest BCUT2D eigenvalue weighted by molar-refractivity contribution is 5.81. The summed E-state index contributed by atoms with van der Waals surface area (Å²) >= 11 is 0. The maximum atomic E-state index is 9.61. The van der Waals surface area contributed by atoms with Gasteiger partial charge in [0.1, 0.15) is 0 Å². The van der Waals surface area contributed by atoms with Crippen LogP contribution in [0.4, 0.5) is 0 Å². The molecule has 2 fully saturated rings. The summed E-state index contributed by atoms with van der Waals surface area (Å²) in [5, 5.41) is 16.3. The van der Waals surface area contributed by atoms with E-state index < -0.39 is 0 Å². The van der Waals surface area contributed by atoms with E-state index in [0.717, 1.165) is 19.0 Å². The van der Waals surface area contributed by atoms with E-state index in [-0.39, 0.29) is 5.41 Å². The molecule has 1 atom stereocenters. The summed E-state index contributed by atoms with van der Waals surface area (Å²) in [7, 11) is 0. The molecule has 0 radical (unpaired) electrons.